The van der Waals surface area contributed by atoms with E-state index >= 15 is 0 Å². The van der Waals surface area contributed by atoms with Crippen LogP contribution in [0.4, 0.5) is 13.2 Å². The first-order valence-corrected chi connectivity index (χ1v) is 11.2. The fourth-order valence-corrected chi connectivity index (χ4v) is 5.59. The lowest BCUT2D eigenvalue weighted by molar-refractivity contribution is -0.274. The second kappa shape index (κ2) is 9.15. The fraction of sp³-hybridized carbons (Fsp3) is 0.400. The van der Waals surface area contributed by atoms with Gasteiger partial charge in [-0.2, -0.15) is 0 Å². The van der Waals surface area contributed by atoms with E-state index in [1.54, 1.807) is 6.07 Å². The summed E-state index contributed by atoms with van der Waals surface area (Å²) in [6.45, 7) is 0. The molecule has 2 aliphatic heterocycles. The number of nitrogens with one attached hydrogen (secondary N) is 1. The molecule has 1 amide bonds. The average Bonchev–Trinajstić information content (AvgIpc) is 3.14. The Morgan fingerprint density at radius 3 is 2.38 bits per heavy atom. The minimum absolute atomic E-state index is 0. The molecule has 2 bridgehead atoms. The van der Waals surface area contributed by atoms with Gasteiger partial charge in [0.1, 0.15) is 5.75 Å². The van der Waals surface area contributed by atoms with E-state index in [0.717, 1.165) is 36.6 Å². The second-order valence-electron chi connectivity index (χ2n) is 9.07. The van der Waals surface area contributed by atoms with E-state index in [-0.39, 0.29) is 30.1 Å². The molecule has 0 saturated carbocycles. The lowest BCUT2D eigenvalue weighted by atomic mass is 9.97. The zero-order valence-corrected chi connectivity index (χ0v) is 19.7. The van der Waals surface area contributed by atoms with Gasteiger partial charge >= 0.3 is 6.36 Å². The molecule has 0 aliphatic carbocycles. The predicted octanol–water partition coefficient (Wildman–Crippen LogP) is 5.52. The smallest absolute Gasteiger partial charge is 0.406 e. The van der Waals surface area contributed by atoms with Crippen molar-refractivity contribution in [3.05, 3.63) is 54.1 Å². The first-order valence-electron chi connectivity index (χ1n) is 11.2. The zero-order valence-electron chi connectivity index (χ0n) is 18.9. The van der Waals surface area contributed by atoms with E-state index in [9.17, 15) is 18.0 Å². The average molecular weight is 494 g/mol. The quantitative estimate of drug-likeness (QED) is 0.520. The molecule has 2 saturated heterocycles. The molecule has 1 unspecified atom stereocenters. The Kier molecular flexibility index (Phi) is 6.57. The number of carbonyl (C=O) groups excluding carboxylic acids is 1. The summed E-state index contributed by atoms with van der Waals surface area (Å²) in [6, 6.07) is 14.4. The van der Waals surface area contributed by atoms with Gasteiger partial charge in [0.25, 0.3) is 5.91 Å². The van der Waals surface area contributed by atoms with E-state index < -0.39 is 6.36 Å². The Labute approximate surface area is 202 Å². The zero-order chi connectivity index (χ0) is 23.3. The van der Waals surface area contributed by atoms with Gasteiger partial charge in [-0.15, -0.1) is 25.6 Å². The highest BCUT2D eigenvalue weighted by atomic mass is 35.5. The van der Waals surface area contributed by atoms with Crippen molar-refractivity contribution in [2.24, 2.45) is 7.05 Å². The summed E-state index contributed by atoms with van der Waals surface area (Å²) in [5.41, 5.74) is 2.37. The molecule has 3 heterocycles. The molecular formula is C25H27ClF3N3O2. The third-order valence-corrected chi connectivity index (χ3v) is 7.11. The SMILES string of the molecule is CN1[C@@H]2CC[C@H]1CC(NC(=O)c1c(-c3cccc(OC(F)(F)F)c3)n(C)c3ccccc13)C2.Cl. The third kappa shape index (κ3) is 4.49. The molecule has 2 aromatic carbocycles. The first-order chi connectivity index (χ1) is 15.7. The Bertz CT molecular complexity index is 1200. The van der Waals surface area contributed by atoms with Crippen molar-refractivity contribution in [1.29, 1.82) is 0 Å². The number of hydrogen-bond acceptors (Lipinski definition) is 3. The molecule has 3 aromatic rings. The summed E-state index contributed by atoms with van der Waals surface area (Å²) in [5, 5.41) is 4.00. The van der Waals surface area contributed by atoms with Gasteiger partial charge in [0.2, 0.25) is 0 Å². The van der Waals surface area contributed by atoms with Crippen molar-refractivity contribution >= 4 is 29.2 Å². The Morgan fingerprint density at radius 1 is 1.03 bits per heavy atom. The lowest BCUT2D eigenvalue weighted by Gasteiger charge is -2.36. The highest BCUT2D eigenvalue weighted by molar-refractivity contribution is 6.13. The lowest BCUT2D eigenvalue weighted by Crippen LogP contribution is -2.48. The summed E-state index contributed by atoms with van der Waals surface area (Å²) in [7, 11) is 3.97. The van der Waals surface area contributed by atoms with Crippen LogP contribution in [0.25, 0.3) is 22.2 Å². The number of hydrogen-bond donors (Lipinski definition) is 1. The van der Waals surface area contributed by atoms with Crippen molar-refractivity contribution in [3.8, 4) is 17.0 Å². The largest absolute Gasteiger partial charge is 0.573 e. The molecular weight excluding hydrogens is 467 g/mol. The Balaban J connectivity index is 0.00000274. The second-order valence-corrected chi connectivity index (χ2v) is 9.07. The maximum absolute atomic E-state index is 13.6. The summed E-state index contributed by atoms with van der Waals surface area (Å²) < 4.78 is 44.4. The van der Waals surface area contributed by atoms with Crippen LogP contribution in [0.3, 0.4) is 0 Å². The monoisotopic (exact) mass is 493 g/mol. The number of piperidine rings is 1. The highest BCUT2D eigenvalue weighted by Gasteiger charge is 2.39. The Hall–Kier alpha value is -2.71. The number of nitrogens with zero attached hydrogens (tertiary/aromatic N) is 2. The molecule has 5 nitrogen and oxygen atoms in total. The molecule has 1 aromatic heterocycles. The first kappa shape index (κ1) is 24.4. The highest BCUT2D eigenvalue weighted by Crippen LogP contribution is 2.37. The van der Waals surface area contributed by atoms with Gasteiger partial charge in [0.15, 0.2) is 0 Å². The molecule has 34 heavy (non-hydrogen) atoms. The van der Waals surface area contributed by atoms with Gasteiger partial charge in [0, 0.05) is 41.6 Å². The maximum Gasteiger partial charge on any atom is 0.573 e. The van der Waals surface area contributed by atoms with Crippen LogP contribution in [0.2, 0.25) is 0 Å². The number of aryl methyl sites for hydroxylation is 1. The van der Waals surface area contributed by atoms with Crippen molar-refractivity contribution in [2.75, 3.05) is 7.05 Å². The summed E-state index contributed by atoms with van der Waals surface area (Å²) >= 11 is 0. The minimum atomic E-state index is -4.79. The third-order valence-electron chi connectivity index (χ3n) is 7.11. The molecule has 3 atom stereocenters. The number of fused-ring (bicyclic) bond motifs is 3. The molecule has 1 N–H and O–H groups in total. The molecule has 5 rings (SSSR count). The van der Waals surface area contributed by atoms with Gasteiger partial charge < -0.3 is 19.5 Å². The van der Waals surface area contributed by atoms with E-state index in [0.29, 0.717) is 28.9 Å². The van der Waals surface area contributed by atoms with Crippen LogP contribution in [0.1, 0.15) is 36.0 Å². The molecule has 9 heteroatoms. The topological polar surface area (TPSA) is 46.5 Å². The molecule has 0 spiro atoms. The van der Waals surface area contributed by atoms with Gasteiger partial charge in [-0.25, -0.2) is 0 Å². The minimum Gasteiger partial charge on any atom is -0.406 e. The van der Waals surface area contributed by atoms with Crippen molar-refractivity contribution in [3.63, 3.8) is 0 Å². The number of rotatable bonds is 4. The number of halogens is 4. The fourth-order valence-electron chi connectivity index (χ4n) is 5.59. The summed E-state index contributed by atoms with van der Waals surface area (Å²) in [6.07, 6.45) is -0.662. The van der Waals surface area contributed by atoms with Crippen LogP contribution >= 0.6 is 12.4 Å². The van der Waals surface area contributed by atoms with E-state index in [1.807, 2.05) is 35.9 Å². The van der Waals surface area contributed by atoms with E-state index in [4.69, 9.17) is 0 Å². The summed E-state index contributed by atoms with van der Waals surface area (Å²) in [5.74, 6) is -0.513. The van der Waals surface area contributed by atoms with Gasteiger partial charge in [0.05, 0.1) is 11.3 Å². The van der Waals surface area contributed by atoms with Crippen molar-refractivity contribution < 1.29 is 22.7 Å². The van der Waals surface area contributed by atoms with Gasteiger partial charge in [-0.1, -0.05) is 30.3 Å². The van der Waals surface area contributed by atoms with Crippen LogP contribution in [0, 0.1) is 0 Å². The maximum atomic E-state index is 13.6. The van der Waals surface area contributed by atoms with Gasteiger partial charge in [-0.3, -0.25) is 4.79 Å². The van der Waals surface area contributed by atoms with E-state index in [1.165, 1.54) is 18.2 Å². The normalized spacial score (nSPS) is 22.4. The molecule has 2 fully saturated rings. The van der Waals surface area contributed by atoms with Crippen LogP contribution in [-0.2, 0) is 7.05 Å². The number of ether oxygens (including phenoxy) is 1. The number of benzene rings is 2. The van der Waals surface area contributed by atoms with Crippen LogP contribution in [0.5, 0.6) is 5.75 Å². The number of carbonyl (C=O) groups is 1. The standard InChI is InChI=1S/C25H26F3N3O2.ClH/c1-30-17-10-11-18(30)14-16(13-17)29-24(32)22-20-8-3-4-9-21(20)31(2)23(22)15-6-5-7-19(12-15)33-25(26,27)28;/h3-9,12,16-18H,10-11,13-14H2,1-2H3,(H,29,32);1H/t16?,17-,18+;. The number of amides is 1. The van der Waals surface area contributed by atoms with Crippen LogP contribution in [-0.4, -0.2) is 46.9 Å². The molecule has 0 radical (unpaired) electrons. The van der Waals surface area contributed by atoms with Crippen molar-refractivity contribution in [2.45, 2.75) is 50.2 Å². The number of para-hydroxylation sites is 1. The Morgan fingerprint density at radius 2 is 1.71 bits per heavy atom. The van der Waals surface area contributed by atoms with Crippen LogP contribution in [0.15, 0.2) is 48.5 Å². The van der Waals surface area contributed by atoms with Crippen molar-refractivity contribution in [1.82, 2.24) is 14.8 Å². The number of aromatic nitrogens is 1. The predicted molar refractivity (Wildman–Crippen MR) is 127 cm³/mol. The van der Waals surface area contributed by atoms with Crippen LogP contribution < -0.4 is 10.1 Å². The van der Waals surface area contributed by atoms with Gasteiger partial charge in [-0.05, 0) is 50.9 Å². The summed E-state index contributed by atoms with van der Waals surface area (Å²) in [4.78, 5) is 16.0. The number of alkyl halides is 3. The molecule has 2 aliphatic rings. The van der Waals surface area contributed by atoms with E-state index in [2.05, 4.69) is 22.0 Å². The molecule has 182 valence electrons.